The molecule has 72 valence electrons. The Morgan fingerprint density at radius 1 is 1.17 bits per heavy atom. The van der Waals surface area contributed by atoms with Crippen LogP contribution in [0.2, 0.25) is 0 Å². The molecule has 0 unspecified atom stereocenters. The van der Waals surface area contributed by atoms with Crippen LogP contribution in [0.5, 0.6) is 0 Å². The molecule has 0 aliphatic heterocycles. The van der Waals surface area contributed by atoms with Gasteiger partial charge in [-0.1, -0.05) is 39.0 Å². The summed E-state index contributed by atoms with van der Waals surface area (Å²) in [4.78, 5) is 0. The molecule has 1 rings (SSSR count). The van der Waals surface area contributed by atoms with Crippen molar-refractivity contribution < 1.29 is 4.74 Å². The van der Waals surface area contributed by atoms with Gasteiger partial charge in [-0.25, -0.2) is 0 Å². The second kappa shape index (κ2) is 4.86. The van der Waals surface area contributed by atoms with E-state index in [4.69, 9.17) is 4.74 Å². The van der Waals surface area contributed by atoms with Gasteiger partial charge in [0.2, 0.25) is 0 Å². The van der Waals surface area contributed by atoms with Crippen LogP contribution in [0.15, 0.2) is 0 Å². The second-order valence-electron chi connectivity index (χ2n) is 4.05. The molecule has 0 bridgehead atoms. The Morgan fingerprint density at radius 3 is 2.33 bits per heavy atom. The summed E-state index contributed by atoms with van der Waals surface area (Å²) in [6, 6.07) is 0. The molecule has 0 aromatic rings. The standard InChI is InChI=1S/C11H22O/c1-3-4-8-11(12-2)9-6-5-7-10-11/h3-10H2,1-2H3. The number of unbranched alkanes of at least 4 members (excludes halogenated alkanes) is 1. The van der Waals surface area contributed by atoms with Crippen LogP contribution in [0.1, 0.15) is 58.3 Å². The molecule has 1 fully saturated rings. The van der Waals surface area contributed by atoms with E-state index in [1.54, 1.807) is 0 Å². The summed E-state index contributed by atoms with van der Waals surface area (Å²) in [6.45, 7) is 2.26. The molecule has 0 atom stereocenters. The molecule has 1 aliphatic rings. The molecular formula is C11H22O. The lowest BCUT2D eigenvalue weighted by Crippen LogP contribution is -2.33. The fourth-order valence-corrected chi connectivity index (χ4v) is 2.25. The van der Waals surface area contributed by atoms with Gasteiger partial charge in [-0.3, -0.25) is 0 Å². The van der Waals surface area contributed by atoms with Crippen molar-refractivity contribution in [3.63, 3.8) is 0 Å². The normalized spacial score (nSPS) is 22.5. The van der Waals surface area contributed by atoms with Gasteiger partial charge in [0.05, 0.1) is 5.60 Å². The zero-order chi connectivity index (χ0) is 8.86. The van der Waals surface area contributed by atoms with Gasteiger partial charge in [-0.05, 0) is 19.3 Å². The van der Waals surface area contributed by atoms with E-state index in [1.165, 1.54) is 51.4 Å². The van der Waals surface area contributed by atoms with Crippen molar-refractivity contribution in [1.29, 1.82) is 0 Å². The highest BCUT2D eigenvalue weighted by molar-refractivity contribution is 4.83. The largest absolute Gasteiger partial charge is 0.378 e. The average molecular weight is 170 g/mol. The number of hydrogen-bond donors (Lipinski definition) is 0. The summed E-state index contributed by atoms with van der Waals surface area (Å²) in [7, 11) is 1.89. The SMILES string of the molecule is CCCCC1(OC)CCCCC1. The molecule has 0 heterocycles. The van der Waals surface area contributed by atoms with Gasteiger partial charge >= 0.3 is 0 Å². The van der Waals surface area contributed by atoms with Crippen molar-refractivity contribution in [2.24, 2.45) is 0 Å². The van der Waals surface area contributed by atoms with Gasteiger partial charge in [0.25, 0.3) is 0 Å². The lowest BCUT2D eigenvalue weighted by atomic mass is 9.81. The van der Waals surface area contributed by atoms with E-state index in [0.29, 0.717) is 0 Å². The summed E-state index contributed by atoms with van der Waals surface area (Å²) in [6.07, 6.45) is 10.7. The first-order valence-corrected chi connectivity index (χ1v) is 5.38. The monoisotopic (exact) mass is 170 g/mol. The fraction of sp³-hybridized carbons (Fsp3) is 1.00. The lowest BCUT2D eigenvalue weighted by Gasteiger charge is -2.36. The van der Waals surface area contributed by atoms with Crippen molar-refractivity contribution in [3.05, 3.63) is 0 Å². The van der Waals surface area contributed by atoms with Crippen molar-refractivity contribution in [1.82, 2.24) is 0 Å². The molecule has 1 nitrogen and oxygen atoms in total. The van der Waals surface area contributed by atoms with Gasteiger partial charge in [0.15, 0.2) is 0 Å². The van der Waals surface area contributed by atoms with Crippen LogP contribution >= 0.6 is 0 Å². The van der Waals surface area contributed by atoms with E-state index < -0.39 is 0 Å². The third-order valence-electron chi connectivity index (χ3n) is 3.18. The zero-order valence-electron chi connectivity index (χ0n) is 8.57. The first-order valence-electron chi connectivity index (χ1n) is 5.38. The van der Waals surface area contributed by atoms with Crippen LogP contribution in [0.25, 0.3) is 0 Å². The predicted octanol–water partition coefficient (Wildman–Crippen LogP) is 3.53. The van der Waals surface area contributed by atoms with Crippen LogP contribution in [-0.2, 0) is 4.74 Å². The third-order valence-corrected chi connectivity index (χ3v) is 3.18. The maximum Gasteiger partial charge on any atom is 0.0678 e. The quantitative estimate of drug-likeness (QED) is 0.627. The Bertz CT molecular complexity index is 114. The van der Waals surface area contributed by atoms with Crippen molar-refractivity contribution in [2.45, 2.75) is 63.9 Å². The van der Waals surface area contributed by atoms with Crippen molar-refractivity contribution >= 4 is 0 Å². The van der Waals surface area contributed by atoms with Gasteiger partial charge < -0.3 is 4.74 Å². The number of ether oxygens (including phenoxy) is 1. The molecule has 0 saturated heterocycles. The smallest absolute Gasteiger partial charge is 0.0678 e. The summed E-state index contributed by atoms with van der Waals surface area (Å²) in [5, 5.41) is 0. The maximum atomic E-state index is 5.68. The molecule has 0 amide bonds. The summed E-state index contributed by atoms with van der Waals surface area (Å²) in [5.41, 5.74) is 0.272. The van der Waals surface area contributed by atoms with Crippen LogP contribution in [0.4, 0.5) is 0 Å². The Kier molecular flexibility index (Phi) is 4.07. The molecule has 0 spiro atoms. The number of rotatable bonds is 4. The van der Waals surface area contributed by atoms with E-state index in [1.807, 2.05) is 7.11 Å². The minimum Gasteiger partial charge on any atom is -0.378 e. The minimum atomic E-state index is 0.272. The van der Waals surface area contributed by atoms with Crippen LogP contribution in [0.3, 0.4) is 0 Å². The number of methoxy groups -OCH3 is 1. The van der Waals surface area contributed by atoms with Crippen LogP contribution in [0, 0.1) is 0 Å². The fourth-order valence-electron chi connectivity index (χ4n) is 2.25. The van der Waals surface area contributed by atoms with E-state index >= 15 is 0 Å². The molecule has 12 heavy (non-hydrogen) atoms. The zero-order valence-corrected chi connectivity index (χ0v) is 8.57. The molecule has 1 aliphatic carbocycles. The highest BCUT2D eigenvalue weighted by Gasteiger charge is 2.30. The lowest BCUT2D eigenvalue weighted by molar-refractivity contribution is -0.0468. The van der Waals surface area contributed by atoms with Gasteiger partial charge in [-0.15, -0.1) is 0 Å². The third kappa shape index (κ3) is 2.48. The minimum absolute atomic E-state index is 0.272. The summed E-state index contributed by atoms with van der Waals surface area (Å²) < 4.78 is 5.68. The van der Waals surface area contributed by atoms with Crippen molar-refractivity contribution in [3.8, 4) is 0 Å². The first kappa shape index (κ1) is 10.0. The van der Waals surface area contributed by atoms with Gasteiger partial charge in [0, 0.05) is 7.11 Å². The Morgan fingerprint density at radius 2 is 1.83 bits per heavy atom. The Hall–Kier alpha value is -0.0400. The van der Waals surface area contributed by atoms with E-state index in [-0.39, 0.29) is 5.60 Å². The molecule has 1 heteroatoms. The Labute approximate surface area is 76.5 Å². The summed E-state index contributed by atoms with van der Waals surface area (Å²) >= 11 is 0. The van der Waals surface area contributed by atoms with Crippen LogP contribution in [-0.4, -0.2) is 12.7 Å². The van der Waals surface area contributed by atoms with E-state index in [9.17, 15) is 0 Å². The van der Waals surface area contributed by atoms with Crippen LogP contribution < -0.4 is 0 Å². The van der Waals surface area contributed by atoms with E-state index in [0.717, 1.165) is 0 Å². The second-order valence-corrected chi connectivity index (χ2v) is 4.05. The molecule has 1 saturated carbocycles. The highest BCUT2D eigenvalue weighted by atomic mass is 16.5. The van der Waals surface area contributed by atoms with Gasteiger partial charge in [-0.2, -0.15) is 0 Å². The van der Waals surface area contributed by atoms with Gasteiger partial charge in [0.1, 0.15) is 0 Å². The molecule has 0 radical (unpaired) electrons. The Balaban J connectivity index is 2.37. The first-order chi connectivity index (χ1) is 5.83. The average Bonchev–Trinajstić information content (AvgIpc) is 2.16. The van der Waals surface area contributed by atoms with E-state index in [2.05, 4.69) is 6.92 Å². The maximum absolute atomic E-state index is 5.68. The molecule has 0 aromatic heterocycles. The van der Waals surface area contributed by atoms with Crippen molar-refractivity contribution in [2.75, 3.05) is 7.11 Å². The highest BCUT2D eigenvalue weighted by Crippen LogP contribution is 2.35. The molecular weight excluding hydrogens is 148 g/mol. The topological polar surface area (TPSA) is 9.23 Å². The predicted molar refractivity (Wildman–Crippen MR) is 52.4 cm³/mol. The summed E-state index contributed by atoms with van der Waals surface area (Å²) in [5.74, 6) is 0. The number of hydrogen-bond acceptors (Lipinski definition) is 1. The molecule has 0 aromatic carbocycles. The molecule has 0 N–H and O–H groups in total.